The maximum Gasteiger partial charge on any atom is 0.200 e. The van der Waals surface area contributed by atoms with Crippen molar-refractivity contribution in [3.63, 3.8) is 0 Å². The molecule has 0 amide bonds. The monoisotopic (exact) mass is 334 g/mol. The maximum atomic E-state index is 12.6. The van der Waals surface area contributed by atoms with Gasteiger partial charge in [0.25, 0.3) is 0 Å². The van der Waals surface area contributed by atoms with Crippen molar-refractivity contribution in [3.8, 4) is 0 Å². The van der Waals surface area contributed by atoms with Gasteiger partial charge in [0.05, 0.1) is 10.7 Å². The Morgan fingerprint density at radius 3 is 2.59 bits per heavy atom. The summed E-state index contributed by atoms with van der Waals surface area (Å²) in [4.78, 5) is 24.8. The summed E-state index contributed by atoms with van der Waals surface area (Å²) < 4.78 is -0.764. The lowest BCUT2D eigenvalue weighted by molar-refractivity contribution is -0.127. The molecule has 0 saturated carbocycles. The van der Waals surface area contributed by atoms with Crippen molar-refractivity contribution in [2.75, 3.05) is 0 Å². The highest BCUT2D eigenvalue weighted by molar-refractivity contribution is 8.16. The van der Waals surface area contributed by atoms with E-state index >= 15 is 0 Å². The summed E-state index contributed by atoms with van der Waals surface area (Å²) in [7, 11) is 0. The molecular formula is C18H19ClO2S. The van der Waals surface area contributed by atoms with Gasteiger partial charge in [0.1, 0.15) is 0 Å². The molecular weight excluding hydrogens is 316 g/mol. The number of hydrogen-bond donors (Lipinski definition) is 0. The average Bonchev–Trinajstić information content (AvgIpc) is 2.68. The van der Waals surface area contributed by atoms with Gasteiger partial charge in [-0.25, -0.2) is 0 Å². The number of thioether (sulfide) groups is 1. The largest absolute Gasteiger partial charge is 0.297 e. The Morgan fingerprint density at radius 2 is 2.00 bits per heavy atom. The van der Waals surface area contributed by atoms with Crippen LogP contribution in [-0.4, -0.2) is 15.6 Å². The van der Waals surface area contributed by atoms with Crippen LogP contribution < -0.4 is 0 Å². The SMILES string of the molecule is C=C/C(C)=C/[C@@]1(C)SC(=O)C(CCc2ccc(Cl)cc2)C1=O. The Kier molecular flexibility index (Phi) is 5.30. The number of benzene rings is 1. The van der Waals surface area contributed by atoms with Gasteiger partial charge in [-0.15, -0.1) is 0 Å². The van der Waals surface area contributed by atoms with Crippen LogP contribution >= 0.6 is 23.4 Å². The van der Waals surface area contributed by atoms with E-state index in [0.717, 1.165) is 22.9 Å². The molecule has 1 aromatic rings. The fourth-order valence-corrected chi connectivity index (χ4v) is 3.99. The summed E-state index contributed by atoms with van der Waals surface area (Å²) in [5.41, 5.74) is 2.00. The van der Waals surface area contributed by atoms with Crippen molar-refractivity contribution in [3.05, 3.63) is 59.2 Å². The van der Waals surface area contributed by atoms with Crippen molar-refractivity contribution in [2.45, 2.75) is 31.4 Å². The van der Waals surface area contributed by atoms with Crippen LogP contribution in [0.25, 0.3) is 0 Å². The van der Waals surface area contributed by atoms with Crippen LogP contribution in [0.5, 0.6) is 0 Å². The number of aryl methyl sites for hydroxylation is 1. The molecule has 1 fully saturated rings. The summed E-state index contributed by atoms with van der Waals surface area (Å²) in [5, 5.41) is 0.652. The number of Topliss-reactive ketones (excluding diaryl/α,β-unsaturated/α-hetero) is 1. The average molecular weight is 335 g/mol. The van der Waals surface area contributed by atoms with Gasteiger partial charge in [-0.1, -0.05) is 59.8 Å². The predicted molar refractivity (Wildman–Crippen MR) is 93.2 cm³/mol. The van der Waals surface area contributed by atoms with E-state index in [0.29, 0.717) is 17.9 Å². The van der Waals surface area contributed by atoms with E-state index in [-0.39, 0.29) is 10.9 Å². The molecule has 1 heterocycles. The fourth-order valence-electron chi connectivity index (χ4n) is 2.59. The minimum atomic E-state index is -0.764. The molecule has 2 nitrogen and oxygen atoms in total. The molecule has 1 unspecified atom stereocenters. The van der Waals surface area contributed by atoms with Crippen LogP contribution in [0.3, 0.4) is 0 Å². The van der Waals surface area contributed by atoms with Crippen molar-refractivity contribution in [2.24, 2.45) is 5.92 Å². The van der Waals surface area contributed by atoms with E-state index in [1.807, 2.05) is 44.2 Å². The minimum absolute atomic E-state index is 0.00216. The van der Waals surface area contributed by atoms with Crippen LogP contribution in [0.4, 0.5) is 0 Å². The lowest BCUT2D eigenvalue weighted by Gasteiger charge is -2.16. The van der Waals surface area contributed by atoms with E-state index in [1.54, 1.807) is 6.08 Å². The molecule has 4 heteroatoms. The Labute approximate surface area is 140 Å². The van der Waals surface area contributed by atoms with Crippen LogP contribution in [0, 0.1) is 5.92 Å². The Balaban J connectivity index is 2.09. The molecule has 1 aliphatic heterocycles. The molecule has 1 aliphatic rings. The van der Waals surface area contributed by atoms with E-state index < -0.39 is 10.7 Å². The molecule has 0 aromatic heterocycles. The Bertz CT molecular complexity index is 633. The fraction of sp³-hybridized carbons (Fsp3) is 0.333. The molecule has 116 valence electrons. The highest BCUT2D eigenvalue weighted by atomic mass is 35.5. The molecule has 22 heavy (non-hydrogen) atoms. The van der Waals surface area contributed by atoms with E-state index in [1.165, 1.54) is 0 Å². The van der Waals surface area contributed by atoms with Crippen molar-refractivity contribution in [1.29, 1.82) is 0 Å². The van der Waals surface area contributed by atoms with Crippen LogP contribution in [0.1, 0.15) is 25.8 Å². The van der Waals surface area contributed by atoms with Crippen LogP contribution in [0.2, 0.25) is 5.02 Å². The minimum Gasteiger partial charge on any atom is -0.297 e. The summed E-state index contributed by atoms with van der Waals surface area (Å²) in [6.45, 7) is 7.39. The van der Waals surface area contributed by atoms with E-state index in [4.69, 9.17) is 11.6 Å². The van der Waals surface area contributed by atoms with Crippen molar-refractivity contribution >= 4 is 34.3 Å². The Morgan fingerprint density at radius 1 is 1.36 bits per heavy atom. The zero-order chi connectivity index (χ0) is 16.3. The van der Waals surface area contributed by atoms with Crippen molar-refractivity contribution in [1.82, 2.24) is 0 Å². The molecule has 0 N–H and O–H groups in total. The topological polar surface area (TPSA) is 34.1 Å². The molecule has 1 saturated heterocycles. The number of carbonyl (C=O) groups is 2. The first-order chi connectivity index (χ1) is 10.4. The van der Waals surface area contributed by atoms with Gasteiger partial charge in [-0.05, 0) is 44.4 Å². The van der Waals surface area contributed by atoms with Crippen LogP contribution in [-0.2, 0) is 16.0 Å². The van der Waals surface area contributed by atoms with E-state index in [9.17, 15) is 9.59 Å². The third kappa shape index (κ3) is 3.71. The molecule has 0 radical (unpaired) electrons. The summed E-state index contributed by atoms with van der Waals surface area (Å²) in [6.07, 6.45) is 4.78. The maximum absolute atomic E-state index is 12.6. The number of carbonyl (C=O) groups excluding carboxylic acids is 2. The summed E-state index contributed by atoms with van der Waals surface area (Å²) in [5.74, 6) is -0.530. The zero-order valence-corrected chi connectivity index (χ0v) is 14.3. The smallest absolute Gasteiger partial charge is 0.200 e. The third-order valence-corrected chi connectivity index (χ3v) is 5.34. The predicted octanol–water partition coefficient (Wildman–Crippen LogP) is 4.62. The van der Waals surface area contributed by atoms with Gasteiger partial charge in [-0.2, -0.15) is 0 Å². The number of hydrogen-bond acceptors (Lipinski definition) is 3. The van der Waals surface area contributed by atoms with Gasteiger partial charge < -0.3 is 0 Å². The van der Waals surface area contributed by atoms with Gasteiger partial charge >= 0.3 is 0 Å². The van der Waals surface area contributed by atoms with E-state index in [2.05, 4.69) is 6.58 Å². The second-order valence-electron chi connectivity index (χ2n) is 5.70. The number of rotatable bonds is 5. The number of halogens is 1. The lowest BCUT2D eigenvalue weighted by atomic mass is 9.89. The quantitative estimate of drug-likeness (QED) is 0.582. The first kappa shape index (κ1) is 17.0. The molecule has 0 bridgehead atoms. The van der Waals surface area contributed by atoms with Crippen molar-refractivity contribution < 1.29 is 9.59 Å². The third-order valence-electron chi connectivity index (χ3n) is 3.86. The summed E-state index contributed by atoms with van der Waals surface area (Å²) >= 11 is 6.99. The second-order valence-corrected chi connectivity index (χ2v) is 7.59. The molecule has 0 spiro atoms. The Hall–Kier alpha value is -1.32. The zero-order valence-electron chi connectivity index (χ0n) is 12.8. The van der Waals surface area contributed by atoms with Gasteiger partial charge in [0, 0.05) is 5.02 Å². The first-order valence-electron chi connectivity index (χ1n) is 7.19. The molecule has 2 rings (SSSR count). The molecule has 1 aromatic carbocycles. The number of allylic oxidation sites excluding steroid dienone is 2. The number of ketones is 1. The summed E-state index contributed by atoms with van der Waals surface area (Å²) in [6, 6.07) is 7.51. The van der Waals surface area contributed by atoms with Gasteiger partial charge in [0.15, 0.2) is 5.78 Å². The van der Waals surface area contributed by atoms with Gasteiger partial charge in [-0.3, -0.25) is 9.59 Å². The molecule has 2 atom stereocenters. The highest BCUT2D eigenvalue weighted by Gasteiger charge is 2.49. The second kappa shape index (κ2) is 6.84. The molecule has 0 aliphatic carbocycles. The normalized spacial score (nSPS) is 25.6. The lowest BCUT2D eigenvalue weighted by Crippen LogP contribution is -2.29. The van der Waals surface area contributed by atoms with Gasteiger partial charge in [0.2, 0.25) is 5.12 Å². The van der Waals surface area contributed by atoms with Crippen LogP contribution in [0.15, 0.2) is 48.6 Å². The highest BCUT2D eigenvalue weighted by Crippen LogP contribution is 2.43. The first-order valence-corrected chi connectivity index (χ1v) is 8.38. The standard InChI is InChI=1S/C18H19ClO2S/c1-4-12(2)11-18(3)16(20)15(17(21)22-18)10-7-13-5-8-14(19)9-6-13/h4-6,8-9,11,15H,1,7,10H2,2-3H3/b12-11+/t15?,18-/m1/s1.